The highest BCUT2D eigenvalue weighted by atomic mass is 16.7. The van der Waals surface area contributed by atoms with Crippen LogP contribution in [0.15, 0.2) is 0 Å². The van der Waals surface area contributed by atoms with E-state index in [0.29, 0.717) is 19.8 Å². The van der Waals surface area contributed by atoms with E-state index in [2.05, 4.69) is 6.92 Å². The summed E-state index contributed by atoms with van der Waals surface area (Å²) >= 11 is 0. The summed E-state index contributed by atoms with van der Waals surface area (Å²) < 4.78 is 15.0. The molecule has 0 spiro atoms. The summed E-state index contributed by atoms with van der Waals surface area (Å²) in [6, 6.07) is 0. The normalized spacial score (nSPS) is 20.6. The Labute approximate surface area is 78.2 Å². The van der Waals surface area contributed by atoms with E-state index in [0.717, 1.165) is 13.0 Å². The van der Waals surface area contributed by atoms with Crippen LogP contribution in [-0.4, -0.2) is 32.6 Å². The Morgan fingerprint density at radius 3 is 2.62 bits per heavy atom. The maximum atomic E-state index is 10.6. The fourth-order valence-corrected chi connectivity index (χ4v) is 1.10. The average molecular weight is 188 g/mol. The van der Waals surface area contributed by atoms with Crippen molar-refractivity contribution in [2.75, 3.05) is 26.4 Å². The van der Waals surface area contributed by atoms with Crippen molar-refractivity contribution in [1.29, 1.82) is 0 Å². The molecule has 0 unspecified atom stereocenters. The van der Waals surface area contributed by atoms with Gasteiger partial charge in [-0.2, -0.15) is 0 Å². The molecule has 0 aromatic rings. The molecule has 4 nitrogen and oxygen atoms in total. The molecule has 0 aliphatic carbocycles. The molecule has 1 aliphatic heterocycles. The van der Waals surface area contributed by atoms with Crippen LogP contribution in [0.4, 0.5) is 4.79 Å². The van der Waals surface area contributed by atoms with Crippen molar-refractivity contribution in [2.45, 2.75) is 20.3 Å². The second-order valence-electron chi connectivity index (χ2n) is 3.69. The Kier molecular flexibility index (Phi) is 3.54. The van der Waals surface area contributed by atoms with Crippen LogP contribution >= 0.6 is 0 Å². The van der Waals surface area contributed by atoms with Gasteiger partial charge in [0.05, 0.1) is 12.0 Å². The standard InChI is InChI=1S/C9H16O4/c1-3-4-11-5-9(2)6-12-8(10)13-7-9/h3-7H2,1-2H3. The van der Waals surface area contributed by atoms with Gasteiger partial charge in [-0.15, -0.1) is 0 Å². The molecule has 0 amide bonds. The molecule has 1 aliphatic rings. The van der Waals surface area contributed by atoms with Crippen molar-refractivity contribution in [3.05, 3.63) is 0 Å². The van der Waals surface area contributed by atoms with Gasteiger partial charge >= 0.3 is 6.16 Å². The predicted molar refractivity (Wildman–Crippen MR) is 46.5 cm³/mol. The minimum atomic E-state index is -0.576. The molecule has 0 atom stereocenters. The quantitative estimate of drug-likeness (QED) is 0.496. The Hall–Kier alpha value is -0.770. The lowest BCUT2D eigenvalue weighted by atomic mass is 9.94. The summed E-state index contributed by atoms with van der Waals surface area (Å²) in [5, 5.41) is 0. The van der Waals surface area contributed by atoms with Gasteiger partial charge in [-0.3, -0.25) is 0 Å². The lowest BCUT2D eigenvalue weighted by Crippen LogP contribution is -2.40. The first kappa shape index (κ1) is 10.3. The van der Waals surface area contributed by atoms with Crippen LogP contribution in [0.1, 0.15) is 20.3 Å². The summed E-state index contributed by atoms with van der Waals surface area (Å²) in [6.07, 6.45) is 0.421. The van der Waals surface area contributed by atoms with Crippen LogP contribution in [0.2, 0.25) is 0 Å². The lowest BCUT2D eigenvalue weighted by Gasteiger charge is -2.31. The van der Waals surface area contributed by atoms with Crippen LogP contribution in [0.25, 0.3) is 0 Å². The van der Waals surface area contributed by atoms with Crippen LogP contribution in [0, 0.1) is 5.41 Å². The summed E-state index contributed by atoms with van der Waals surface area (Å²) in [6.45, 7) is 6.12. The first-order valence-corrected chi connectivity index (χ1v) is 4.53. The first-order valence-electron chi connectivity index (χ1n) is 4.53. The SMILES string of the molecule is CCCOCC1(C)COC(=O)OC1. The fraction of sp³-hybridized carbons (Fsp3) is 0.889. The highest BCUT2D eigenvalue weighted by Crippen LogP contribution is 2.22. The van der Waals surface area contributed by atoms with Gasteiger partial charge in [-0.25, -0.2) is 4.79 Å². The van der Waals surface area contributed by atoms with E-state index < -0.39 is 6.16 Å². The van der Waals surface area contributed by atoms with E-state index in [9.17, 15) is 4.79 Å². The molecule has 1 fully saturated rings. The molecule has 76 valence electrons. The van der Waals surface area contributed by atoms with Crippen LogP contribution in [-0.2, 0) is 14.2 Å². The number of carbonyl (C=O) groups excluding carboxylic acids is 1. The van der Waals surface area contributed by atoms with Crippen LogP contribution in [0.5, 0.6) is 0 Å². The molecule has 1 saturated heterocycles. The molecule has 1 rings (SSSR count). The third kappa shape index (κ3) is 3.22. The fourth-order valence-electron chi connectivity index (χ4n) is 1.10. The number of hydrogen-bond acceptors (Lipinski definition) is 4. The molecule has 13 heavy (non-hydrogen) atoms. The second kappa shape index (κ2) is 4.46. The molecule has 1 heterocycles. The number of rotatable bonds is 4. The van der Waals surface area contributed by atoms with E-state index in [1.165, 1.54) is 0 Å². The molecule has 0 N–H and O–H groups in total. The molecule has 0 bridgehead atoms. The van der Waals surface area contributed by atoms with Crippen molar-refractivity contribution in [1.82, 2.24) is 0 Å². The summed E-state index contributed by atoms with van der Waals surface area (Å²) in [4.78, 5) is 10.6. The Morgan fingerprint density at radius 2 is 2.08 bits per heavy atom. The average Bonchev–Trinajstić information content (AvgIpc) is 2.12. The molecule has 0 radical (unpaired) electrons. The van der Waals surface area contributed by atoms with Gasteiger partial charge in [-0.1, -0.05) is 13.8 Å². The second-order valence-corrected chi connectivity index (χ2v) is 3.69. The number of carbonyl (C=O) groups is 1. The van der Waals surface area contributed by atoms with Gasteiger partial charge in [0.1, 0.15) is 13.2 Å². The Morgan fingerprint density at radius 1 is 1.46 bits per heavy atom. The molecule has 0 saturated carbocycles. The Bertz CT molecular complexity index is 168. The van der Waals surface area contributed by atoms with Crippen molar-refractivity contribution in [3.63, 3.8) is 0 Å². The van der Waals surface area contributed by atoms with Gasteiger partial charge in [0.15, 0.2) is 0 Å². The van der Waals surface area contributed by atoms with E-state index in [4.69, 9.17) is 14.2 Å². The van der Waals surface area contributed by atoms with Crippen molar-refractivity contribution < 1.29 is 19.0 Å². The minimum absolute atomic E-state index is 0.178. The number of cyclic esters (lactones) is 2. The van der Waals surface area contributed by atoms with E-state index >= 15 is 0 Å². The van der Waals surface area contributed by atoms with Gasteiger partial charge < -0.3 is 14.2 Å². The smallest absolute Gasteiger partial charge is 0.433 e. The summed E-state index contributed by atoms with van der Waals surface area (Å²) in [7, 11) is 0. The Balaban J connectivity index is 2.26. The molecular weight excluding hydrogens is 172 g/mol. The van der Waals surface area contributed by atoms with Gasteiger partial charge in [0, 0.05) is 6.61 Å². The van der Waals surface area contributed by atoms with Crippen molar-refractivity contribution in [3.8, 4) is 0 Å². The summed E-state index contributed by atoms with van der Waals surface area (Å²) in [5.74, 6) is 0. The predicted octanol–water partition coefficient (Wildman–Crippen LogP) is 1.59. The highest BCUT2D eigenvalue weighted by molar-refractivity contribution is 5.60. The van der Waals surface area contributed by atoms with Gasteiger partial charge in [0.2, 0.25) is 0 Å². The van der Waals surface area contributed by atoms with Crippen molar-refractivity contribution in [2.24, 2.45) is 5.41 Å². The third-order valence-electron chi connectivity index (χ3n) is 1.88. The van der Waals surface area contributed by atoms with Crippen LogP contribution < -0.4 is 0 Å². The molecule has 4 heteroatoms. The van der Waals surface area contributed by atoms with Crippen LogP contribution in [0.3, 0.4) is 0 Å². The monoisotopic (exact) mass is 188 g/mol. The van der Waals surface area contributed by atoms with Gasteiger partial charge in [0.25, 0.3) is 0 Å². The number of hydrogen-bond donors (Lipinski definition) is 0. The lowest BCUT2D eigenvalue weighted by molar-refractivity contribution is -0.0849. The minimum Gasteiger partial charge on any atom is -0.433 e. The van der Waals surface area contributed by atoms with E-state index in [1.54, 1.807) is 0 Å². The zero-order valence-electron chi connectivity index (χ0n) is 8.17. The maximum absolute atomic E-state index is 10.6. The van der Waals surface area contributed by atoms with Gasteiger partial charge in [-0.05, 0) is 6.42 Å². The topological polar surface area (TPSA) is 44.8 Å². The molecular formula is C9H16O4. The van der Waals surface area contributed by atoms with Crippen molar-refractivity contribution >= 4 is 6.16 Å². The zero-order valence-corrected chi connectivity index (χ0v) is 8.17. The third-order valence-corrected chi connectivity index (χ3v) is 1.88. The summed E-state index contributed by atoms with van der Waals surface area (Å²) in [5.41, 5.74) is -0.178. The highest BCUT2D eigenvalue weighted by Gasteiger charge is 2.33. The molecule has 0 aromatic heterocycles. The zero-order chi connectivity index (χ0) is 9.73. The molecule has 0 aromatic carbocycles. The van der Waals surface area contributed by atoms with E-state index in [1.807, 2.05) is 6.92 Å². The largest absolute Gasteiger partial charge is 0.508 e. The first-order chi connectivity index (χ1) is 6.16. The maximum Gasteiger partial charge on any atom is 0.508 e. The van der Waals surface area contributed by atoms with E-state index in [-0.39, 0.29) is 5.41 Å². The number of ether oxygens (including phenoxy) is 3.